The van der Waals surface area contributed by atoms with Crippen molar-refractivity contribution in [2.75, 3.05) is 0 Å². The van der Waals surface area contributed by atoms with Crippen molar-refractivity contribution in [1.82, 2.24) is 5.32 Å². The molecule has 0 spiro atoms. The van der Waals surface area contributed by atoms with E-state index in [1.54, 1.807) is 6.92 Å². The number of carbonyl (C=O) groups excluding carboxylic acids is 2. The summed E-state index contributed by atoms with van der Waals surface area (Å²) < 4.78 is 0. The molecule has 1 amide bonds. The van der Waals surface area contributed by atoms with Gasteiger partial charge < -0.3 is 11.1 Å². The summed E-state index contributed by atoms with van der Waals surface area (Å²) in [6.45, 7) is 11.1. The molecular formula is C13H26N2O2. The third kappa shape index (κ3) is 4.86. The van der Waals surface area contributed by atoms with E-state index >= 15 is 0 Å². The highest BCUT2D eigenvalue weighted by Gasteiger charge is 2.29. The van der Waals surface area contributed by atoms with Crippen molar-refractivity contribution in [3.63, 3.8) is 0 Å². The quantitative estimate of drug-likeness (QED) is 0.767. The number of Topliss-reactive ketones (excluding diaryl/α,β-unsaturated/α-hetero) is 1. The van der Waals surface area contributed by atoms with Gasteiger partial charge in [-0.2, -0.15) is 0 Å². The Bertz CT molecular complexity index is 282. The number of hydrogen-bond acceptors (Lipinski definition) is 3. The van der Waals surface area contributed by atoms with Gasteiger partial charge in [0.1, 0.15) is 0 Å². The van der Waals surface area contributed by atoms with Gasteiger partial charge in [0.15, 0.2) is 5.78 Å². The molecule has 3 unspecified atom stereocenters. The Hall–Kier alpha value is -0.900. The van der Waals surface area contributed by atoms with Crippen molar-refractivity contribution >= 4 is 11.7 Å². The maximum Gasteiger partial charge on any atom is 0.237 e. The highest BCUT2D eigenvalue weighted by molar-refractivity contribution is 5.93. The van der Waals surface area contributed by atoms with Gasteiger partial charge in [0, 0.05) is 5.41 Å². The standard InChI is InChI=1S/C13H26N2O2/c1-7-8(2)10(14)12(17)15-9(3)11(16)13(4,5)6/h8-10H,7,14H2,1-6H3,(H,15,17). The number of hydrogen-bond donors (Lipinski definition) is 2. The van der Waals surface area contributed by atoms with Gasteiger partial charge in [-0.25, -0.2) is 0 Å². The fraction of sp³-hybridized carbons (Fsp3) is 0.846. The SMILES string of the molecule is CCC(C)C(N)C(=O)NC(C)C(=O)C(C)(C)C. The molecule has 100 valence electrons. The lowest BCUT2D eigenvalue weighted by atomic mass is 9.87. The molecule has 0 aliphatic heterocycles. The molecule has 0 fully saturated rings. The maximum absolute atomic E-state index is 11.9. The van der Waals surface area contributed by atoms with Gasteiger partial charge in [-0.15, -0.1) is 0 Å². The van der Waals surface area contributed by atoms with Gasteiger partial charge in [-0.3, -0.25) is 9.59 Å². The van der Waals surface area contributed by atoms with Crippen molar-refractivity contribution in [2.24, 2.45) is 17.1 Å². The van der Waals surface area contributed by atoms with Crippen LogP contribution in [0.1, 0.15) is 48.0 Å². The minimum absolute atomic E-state index is 0.0159. The van der Waals surface area contributed by atoms with Crippen LogP contribution in [0.5, 0.6) is 0 Å². The van der Waals surface area contributed by atoms with Crippen LogP contribution in [0, 0.1) is 11.3 Å². The summed E-state index contributed by atoms with van der Waals surface area (Å²) in [6.07, 6.45) is 0.843. The molecule has 0 aliphatic carbocycles. The number of amides is 1. The molecule has 0 saturated heterocycles. The lowest BCUT2D eigenvalue weighted by Gasteiger charge is -2.25. The lowest BCUT2D eigenvalue weighted by Crippen LogP contribution is -2.51. The summed E-state index contributed by atoms with van der Waals surface area (Å²) in [7, 11) is 0. The first-order chi connectivity index (χ1) is 7.61. The molecular weight excluding hydrogens is 216 g/mol. The van der Waals surface area contributed by atoms with Gasteiger partial charge in [0.05, 0.1) is 12.1 Å². The second-order valence-electron chi connectivity index (χ2n) is 5.76. The summed E-state index contributed by atoms with van der Waals surface area (Å²) >= 11 is 0. The molecule has 0 aromatic rings. The van der Waals surface area contributed by atoms with Gasteiger partial charge in [-0.05, 0) is 12.8 Å². The minimum Gasteiger partial charge on any atom is -0.345 e. The molecule has 0 radical (unpaired) electrons. The summed E-state index contributed by atoms with van der Waals surface area (Å²) in [5, 5.41) is 2.69. The maximum atomic E-state index is 11.9. The third-order valence-electron chi connectivity index (χ3n) is 3.05. The fourth-order valence-electron chi connectivity index (χ4n) is 1.54. The number of carbonyl (C=O) groups is 2. The predicted molar refractivity (Wildman–Crippen MR) is 69.5 cm³/mol. The van der Waals surface area contributed by atoms with Crippen LogP contribution in [-0.4, -0.2) is 23.8 Å². The topological polar surface area (TPSA) is 72.2 Å². The molecule has 0 heterocycles. The van der Waals surface area contributed by atoms with E-state index in [0.717, 1.165) is 6.42 Å². The van der Waals surface area contributed by atoms with Crippen LogP contribution >= 0.6 is 0 Å². The van der Waals surface area contributed by atoms with Crippen LogP contribution < -0.4 is 11.1 Å². The largest absolute Gasteiger partial charge is 0.345 e. The first-order valence-corrected chi connectivity index (χ1v) is 6.21. The molecule has 0 rings (SSSR count). The van der Waals surface area contributed by atoms with E-state index < -0.39 is 17.5 Å². The number of ketones is 1. The second-order valence-corrected chi connectivity index (χ2v) is 5.76. The van der Waals surface area contributed by atoms with E-state index in [1.165, 1.54) is 0 Å². The summed E-state index contributed by atoms with van der Waals surface area (Å²) in [5.41, 5.74) is 5.35. The van der Waals surface area contributed by atoms with Crippen LogP contribution in [0.25, 0.3) is 0 Å². The summed E-state index contributed by atoms with van der Waals surface area (Å²) in [4.78, 5) is 23.7. The average Bonchev–Trinajstić information content (AvgIpc) is 2.24. The number of nitrogens with one attached hydrogen (secondary N) is 1. The lowest BCUT2D eigenvalue weighted by molar-refractivity contribution is -0.132. The Morgan fingerprint density at radius 1 is 1.24 bits per heavy atom. The van der Waals surface area contributed by atoms with Crippen molar-refractivity contribution < 1.29 is 9.59 Å². The Balaban J connectivity index is 4.45. The molecule has 3 atom stereocenters. The van der Waals surface area contributed by atoms with Crippen LogP contribution in [0.3, 0.4) is 0 Å². The van der Waals surface area contributed by atoms with Crippen LogP contribution in [0.15, 0.2) is 0 Å². The Morgan fingerprint density at radius 2 is 1.71 bits per heavy atom. The molecule has 4 heteroatoms. The van der Waals surface area contributed by atoms with Crippen molar-refractivity contribution in [3.8, 4) is 0 Å². The summed E-state index contributed by atoms with van der Waals surface area (Å²) in [6, 6.07) is -1.03. The molecule has 0 bridgehead atoms. The monoisotopic (exact) mass is 242 g/mol. The summed E-state index contributed by atoms with van der Waals surface area (Å²) in [5.74, 6) is -0.112. The molecule has 0 saturated carbocycles. The first-order valence-electron chi connectivity index (χ1n) is 6.21. The third-order valence-corrected chi connectivity index (χ3v) is 3.05. The highest BCUT2D eigenvalue weighted by Crippen LogP contribution is 2.16. The number of rotatable bonds is 5. The van der Waals surface area contributed by atoms with E-state index in [4.69, 9.17) is 5.73 Å². The molecule has 0 aliphatic rings. The normalized spacial score (nSPS) is 17.1. The van der Waals surface area contributed by atoms with Gasteiger partial charge in [-0.1, -0.05) is 41.0 Å². The molecule has 4 nitrogen and oxygen atoms in total. The smallest absolute Gasteiger partial charge is 0.237 e. The van der Waals surface area contributed by atoms with E-state index in [0.29, 0.717) is 0 Å². The fourth-order valence-corrected chi connectivity index (χ4v) is 1.54. The molecule has 0 aromatic carbocycles. The average molecular weight is 242 g/mol. The van der Waals surface area contributed by atoms with Crippen molar-refractivity contribution in [3.05, 3.63) is 0 Å². The van der Waals surface area contributed by atoms with E-state index in [2.05, 4.69) is 5.32 Å². The van der Waals surface area contributed by atoms with Crippen LogP contribution in [0.4, 0.5) is 0 Å². The second kappa shape index (κ2) is 6.15. The van der Waals surface area contributed by atoms with Crippen LogP contribution in [-0.2, 0) is 9.59 Å². The highest BCUT2D eigenvalue weighted by atomic mass is 16.2. The Morgan fingerprint density at radius 3 is 2.06 bits per heavy atom. The minimum atomic E-state index is -0.546. The molecule has 17 heavy (non-hydrogen) atoms. The van der Waals surface area contributed by atoms with Crippen LogP contribution in [0.2, 0.25) is 0 Å². The van der Waals surface area contributed by atoms with E-state index in [1.807, 2.05) is 34.6 Å². The van der Waals surface area contributed by atoms with Gasteiger partial charge >= 0.3 is 0 Å². The van der Waals surface area contributed by atoms with E-state index in [-0.39, 0.29) is 17.6 Å². The predicted octanol–water partition coefficient (Wildman–Crippen LogP) is 1.48. The Kier molecular flexibility index (Phi) is 5.82. The Labute approximate surface area is 104 Å². The van der Waals surface area contributed by atoms with E-state index in [9.17, 15) is 9.59 Å². The zero-order valence-electron chi connectivity index (χ0n) is 11.8. The first kappa shape index (κ1) is 16.1. The van der Waals surface area contributed by atoms with Crippen molar-refractivity contribution in [2.45, 2.75) is 60.0 Å². The van der Waals surface area contributed by atoms with Gasteiger partial charge in [0.25, 0.3) is 0 Å². The number of nitrogens with two attached hydrogens (primary N) is 1. The molecule has 3 N–H and O–H groups in total. The zero-order valence-corrected chi connectivity index (χ0v) is 11.8. The van der Waals surface area contributed by atoms with Crippen molar-refractivity contribution in [1.29, 1.82) is 0 Å². The van der Waals surface area contributed by atoms with Gasteiger partial charge in [0.2, 0.25) is 5.91 Å². The molecule has 0 aromatic heterocycles. The zero-order chi connectivity index (χ0) is 13.8.